The van der Waals surface area contributed by atoms with E-state index in [0.717, 1.165) is 5.56 Å². The Hall–Kier alpha value is -1.83. The van der Waals surface area contributed by atoms with Crippen LogP contribution >= 0.6 is 0 Å². The number of hydrogen-bond donors (Lipinski definition) is 1. The molecule has 0 spiro atoms. The van der Waals surface area contributed by atoms with Crippen LogP contribution in [0.5, 0.6) is 0 Å². The summed E-state index contributed by atoms with van der Waals surface area (Å²) in [6.07, 6.45) is 0. The van der Waals surface area contributed by atoms with Crippen molar-refractivity contribution in [3.8, 4) is 0 Å². The lowest BCUT2D eigenvalue weighted by atomic mass is 10.2. The van der Waals surface area contributed by atoms with Crippen molar-refractivity contribution in [1.29, 1.82) is 5.39 Å². The number of aryl methyl sites for hydroxylation is 1. The van der Waals surface area contributed by atoms with E-state index in [2.05, 4.69) is 4.98 Å². The molecule has 0 atom stereocenters. The molecule has 20 heavy (non-hydrogen) atoms. The molecule has 0 fully saturated rings. The highest BCUT2D eigenvalue weighted by molar-refractivity contribution is 6.50. The van der Waals surface area contributed by atoms with Crippen molar-refractivity contribution >= 4 is 20.2 Å². The highest BCUT2D eigenvalue weighted by Gasteiger charge is 2.21. The van der Waals surface area contributed by atoms with Gasteiger partial charge in [-0.15, -0.1) is 0 Å². The van der Waals surface area contributed by atoms with Crippen molar-refractivity contribution in [3.63, 3.8) is 0 Å². The molecule has 1 aromatic rings. The lowest BCUT2D eigenvalue weighted by Crippen LogP contribution is -2.02. The monoisotopic (exact) mass is 311 g/mol. The van der Waals surface area contributed by atoms with Crippen molar-refractivity contribution in [2.45, 2.75) is 6.92 Å². The Bertz CT molecular complexity index is 390. The Balaban J connectivity index is -0.000000230. The van der Waals surface area contributed by atoms with Gasteiger partial charge < -0.3 is 40.7 Å². The molecule has 0 unspecified atom stereocenters. The minimum Gasteiger partial charge on any atom is -0.418 e. The molecule has 0 radical (unpaired) electrons. The van der Waals surface area contributed by atoms with Gasteiger partial charge in [-0.1, -0.05) is 18.2 Å². The fourth-order valence-corrected chi connectivity index (χ4v) is 0.676. The summed E-state index contributed by atoms with van der Waals surface area (Å²) in [5.74, 6) is 0. The van der Waals surface area contributed by atoms with Gasteiger partial charge in [-0.3, -0.25) is 0 Å². The van der Waals surface area contributed by atoms with Crippen LogP contribution in [0.3, 0.4) is 0 Å². The van der Waals surface area contributed by atoms with Gasteiger partial charge in [-0.2, -0.15) is 0 Å². The maximum absolute atomic E-state index is 9.75. The largest absolute Gasteiger partial charge is 0.673 e. The van der Waals surface area contributed by atoms with Crippen LogP contribution in [0.15, 0.2) is 24.3 Å². The van der Waals surface area contributed by atoms with Crippen molar-refractivity contribution < 1.29 is 34.5 Å². The van der Waals surface area contributed by atoms with E-state index in [1.807, 2.05) is 25.1 Å². The Morgan fingerprint density at radius 2 is 1.15 bits per heavy atom. The van der Waals surface area contributed by atoms with Crippen LogP contribution in [0.1, 0.15) is 5.56 Å². The van der Waals surface area contributed by atoms with E-state index in [-0.39, 0.29) is 6.15 Å². The zero-order chi connectivity index (χ0) is 15.7. The van der Waals surface area contributed by atoms with Crippen molar-refractivity contribution in [2.24, 2.45) is 0 Å². The minimum absolute atomic E-state index is 0. The molecule has 1 aromatic carbocycles. The highest BCUT2D eigenvalue weighted by atomic mass is 19.5. The van der Waals surface area contributed by atoms with E-state index in [1.165, 1.54) is 0 Å². The molecule has 0 amide bonds. The van der Waals surface area contributed by atoms with Gasteiger partial charge in [0.05, 0.1) is 0 Å². The number of hydrogen-bond acceptors (Lipinski definition) is 1. The van der Waals surface area contributed by atoms with E-state index in [1.54, 1.807) is 6.07 Å². The second-order valence-electron chi connectivity index (χ2n) is 2.88. The molecule has 13 heteroatoms. The van der Waals surface area contributed by atoms with Gasteiger partial charge in [0.2, 0.25) is 5.39 Å². The molecule has 4 N–H and O–H groups in total. The molecule has 3 nitrogen and oxygen atoms in total. The summed E-state index contributed by atoms with van der Waals surface area (Å²) in [5, 5.41) is 8.34. The molecule has 116 valence electrons. The van der Waals surface area contributed by atoms with E-state index < -0.39 is 14.5 Å². The number of benzene rings is 1. The minimum atomic E-state index is -6.00. The van der Waals surface area contributed by atoms with Crippen LogP contribution in [0, 0.1) is 12.3 Å². The van der Waals surface area contributed by atoms with Crippen molar-refractivity contribution in [2.75, 3.05) is 0 Å². The fourth-order valence-electron chi connectivity index (χ4n) is 0.676. The molecular formula is C7H11B2F8N3. The fraction of sp³-hybridized carbons (Fsp3) is 0.143. The number of rotatable bonds is 0. The Morgan fingerprint density at radius 1 is 0.850 bits per heavy atom. The summed E-state index contributed by atoms with van der Waals surface area (Å²) in [5.41, 5.74) is 1.62. The standard InChI is InChI=1S/C7H7N2.2BF4.H3N/c1-6-4-2-3-5-7(6)9-8;2*2-1(3,4)5;/h2-5H,1H3;;;1H3/q+1;2*-1;/p+1. The normalized spacial score (nSPS) is 9.80. The first-order chi connectivity index (χ1) is 8.34. The third-order valence-electron chi connectivity index (χ3n) is 1.22. The maximum atomic E-state index is 9.75. The second kappa shape index (κ2) is 10.0. The topological polar surface area (TPSA) is 64.7 Å². The lowest BCUT2D eigenvalue weighted by Gasteiger charge is -1.94. The third kappa shape index (κ3) is 29.8. The van der Waals surface area contributed by atoms with Crippen LogP contribution in [-0.4, -0.2) is 14.5 Å². The molecule has 0 aromatic heterocycles. The van der Waals surface area contributed by atoms with Gasteiger partial charge in [0, 0.05) is 11.6 Å². The summed E-state index contributed by atoms with van der Waals surface area (Å²) >= 11 is 0. The van der Waals surface area contributed by atoms with E-state index in [9.17, 15) is 34.5 Å². The average molecular weight is 311 g/mol. The highest BCUT2D eigenvalue weighted by Crippen LogP contribution is 2.15. The first-order valence-electron chi connectivity index (χ1n) is 4.50. The number of quaternary nitrogens is 1. The Labute approximate surface area is 109 Å². The number of halogens is 8. The molecule has 1 rings (SSSR count). The maximum Gasteiger partial charge on any atom is 0.673 e. The van der Waals surface area contributed by atoms with E-state index in [0.29, 0.717) is 5.69 Å². The van der Waals surface area contributed by atoms with Crippen LogP contribution in [0.2, 0.25) is 0 Å². The van der Waals surface area contributed by atoms with Gasteiger partial charge in [0.25, 0.3) is 0 Å². The first-order valence-corrected chi connectivity index (χ1v) is 4.50. The zero-order valence-corrected chi connectivity index (χ0v) is 10.4. The number of diazo groups is 1. The van der Waals surface area contributed by atoms with Gasteiger partial charge in [-0.25, -0.2) is 0 Å². The predicted molar refractivity (Wildman–Crippen MR) is 62.3 cm³/mol. The molecule has 0 bridgehead atoms. The summed E-state index contributed by atoms with van der Waals surface area (Å²) in [4.78, 5) is 3.07. The molecular weight excluding hydrogens is 300 g/mol. The Kier molecular flexibility index (Phi) is 11.7. The molecule has 0 saturated carbocycles. The molecule has 0 aliphatic carbocycles. The summed E-state index contributed by atoms with van der Waals surface area (Å²) in [6.45, 7) is 1.90. The predicted octanol–water partition coefficient (Wildman–Crippen LogP) is 5.46. The van der Waals surface area contributed by atoms with Crippen molar-refractivity contribution in [1.82, 2.24) is 6.15 Å². The van der Waals surface area contributed by atoms with Crippen LogP contribution in [0.4, 0.5) is 40.2 Å². The molecule has 0 heterocycles. The van der Waals surface area contributed by atoms with Gasteiger partial charge in [0.15, 0.2) is 4.98 Å². The molecule has 0 aliphatic heterocycles. The van der Waals surface area contributed by atoms with E-state index >= 15 is 0 Å². The SMILES string of the molecule is Cc1ccccc1[N+]#N.F[B-](F)(F)F.F[B-](F)(F)F.[NH4+]. The quantitative estimate of drug-likeness (QED) is 0.386. The van der Waals surface area contributed by atoms with Gasteiger partial charge >= 0.3 is 20.2 Å². The van der Waals surface area contributed by atoms with Gasteiger partial charge in [-0.05, 0) is 6.92 Å². The zero-order valence-electron chi connectivity index (χ0n) is 10.4. The summed E-state index contributed by atoms with van der Waals surface area (Å²) in [7, 11) is -12.0. The van der Waals surface area contributed by atoms with Crippen LogP contribution in [0.25, 0.3) is 4.98 Å². The smallest absolute Gasteiger partial charge is 0.418 e. The Morgan fingerprint density at radius 3 is 1.35 bits per heavy atom. The lowest BCUT2D eigenvalue weighted by molar-refractivity contribution is 0.366. The molecule has 0 aliphatic rings. The van der Waals surface area contributed by atoms with Crippen LogP contribution < -0.4 is 6.15 Å². The third-order valence-corrected chi connectivity index (χ3v) is 1.22. The summed E-state index contributed by atoms with van der Waals surface area (Å²) in [6, 6.07) is 7.40. The van der Waals surface area contributed by atoms with Crippen LogP contribution in [-0.2, 0) is 0 Å². The average Bonchev–Trinajstić information content (AvgIpc) is 2.13. The number of nitrogens with zero attached hydrogens (tertiary/aromatic N) is 2. The second-order valence-corrected chi connectivity index (χ2v) is 2.88. The summed E-state index contributed by atoms with van der Waals surface area (Å²) < 4.78 is 78.0. The van der Waals surface area contributed by atoms with Crippen molar-refractivity contribution in [3.05, 3.63) is 34.8 Å². The van der Waals surface area contributed by atoms with Gasteiger partial charge in [0.1, 0.15) is 0 Å². The van der Waals surface area contributed by atoms with E-state index in [4.69, 9.17) is 5.39 Å². The first kappa shape index (κ1) is 23.3. The molecule has 0 saturated heterocycles.